The van der Waals surface area contributed by atoms with E-state index in [0.717, 1.165) is 69.9 Å². The van der Waals surface area contributed by atoms with E-state index in [1.54, 1.807) is 19.9 Å². The van der Waals surface area contributed by atoms with Crippen LogP contribution in [0.2, 0.25) is 0 Å². The Kier molecular flexibility index (Phi) is 34.0. The highest BCUT2D eigenvalue weighted by atomic mass is 19.1. The van der Waals surface area contributed by atoms with Crippen molar-refractivity contribution in [3.8, 4) is 18.1 Å². The number of benzene rings is 2. The first kappa shape index (κ1) is 62.1. The van der Waals surface area contributed by atoms with Crippen molar-refractivity contribution in [2.24, 2.45) is 16.8 Å². The lowest BCUT2D eigenvalue weighted by Crippen LogP contribution is -2.56. The molecule has 0 spiro atoms. The van der Waals surface area contributed by atoms with Crippen LogP contribution in [-0.4, -0.2) is 77.2 Å². The van der Waals surface area contributed by atoms with Crippen LogP contribution in [0.15, 0.2) is 47.0 Å². The SMILES string of the molecule is C#Cc1c(F)ccc2cc(O)cc(/C(C)=C(\F)C3=NC(O)=CCCC3C(C)N3CC4CCC(C3)N4)c12.CC.CC.CC.CC(=O)CCCCCCCCCCC=O.CC[C@@H](CC(C)C)NC. The standard InChI is InChI=1S/C29H31F2N3O2.C13H24O2.C8H19N.3C2H6/c1-4-22-25(30)11-8-18-12-21(35)13-24(27(18)22)16(2)28(31)29-23(6-5-7-26(36)33-29)17(3)34-14-19-9-10-20(15-34)32-19;1-13(15)11-9-7-5-3-2-4-6-8-10-12-14;1-5-8(9-4)6-7(2)3;3*1-2/h1,7-8,11-13,17,19-20,23,32,35-36H,5-6,9-10,14-15H2,2-3H3;12H,2-11H2,1H3;7-9H,5-6H2,1-4H3;3*1-2H3/b28-16-;;;;;/t;;8-;;;/m..0.../s1. The third kappa shape index (κ3) is 21.8. The van der Waals surface area contributed by atoms with Crippen molar-refractivity contribution in [2.75, 3.05) is 20.1 Å². The summed E-state index contributed by atoms with van der Waals surface area (Å²) >= 11 is 0. The van der Waals surface area contributed by atoms with Crippen LogP contribution in [0.4, 0.5) is 8.78 Å². The molecule has 4 unspecified atom stereocenters. The van der Waals surface area contributed by atoms with Crippen LogP contribution >= 0.6 is 0 Å². The summed E-state index contributed by atoms with van der Waals surface area (Å²) in [5, 5.41) is 28.5. The Labute approximate surface area is 401 Å². The number of nitrogens with zero attached hydrogens (tertiary/aromatic N) is 2. The highest BCUT2D eigenvalue weighted by Gasteiger charge is 2.38. The summed E-state index contributed by atoms with van der Waals surface area (Å²) in [7, 11) is 2.04. The van der Waals surface area contributed by atoms with Gasteiger partial charge < -0.3 is 30.4 Å². The number of allylic oxidation sites excluding steroid dienone is 3. The van der Waals surface area contributed by atoms with E-state index in [4.69, 9.17) is 6.42 Å². The maximum absolute atomic E-state index is 16.4. The number of piperazine rings is 1. The second-order valence-electron chi connectivity index (χ2n) is 17.4. The zero-order chi connectivity index (χ0) is 50.2. The number of hydrogen-bond acceptors (Lipinski definition) is 8. The van der Waals surface area contributed by atoms with Crippen molar-refractivity contribution in [2.45, 2.75) is 210 Å². The predicted molar refractivity (Wildman–Crippen MR) is 279 cm³/mol. The zero-order valence-corrected chi connectivity index (χ0v) is 43.6. The summed E-state index contributed by atoms with van der Waals surface area (Å²) < 4.78 is 31.0. The zero-order valence-electron chi connectivity index (χ0n) is 43.6. The number of aliphatic imine (C=N–C) groups is 1. The van der Waals surface area contributed by atoms with Crippen molar-refractivity contribution < 1.29 is 28.6 Å². The van der Waals surface area contributed by atoms with E-state index in [1.165, 1.54) is 75.6 Å². The van der Waals surface area contributed by atoms with Gasteiger partial charge in [0.15, 0.2) is 0 Å². The van der Waals surface area contributed by atoms with Crippen LogP contribution in [-0.2, 0) is 9.59 Å². The lowest BCUT2D eigenvalue weighted by molar-refractivity contribution is -0.117. The predicted octanol–water partition coefficient (Wildman–Crippen LogP) is 14.2. The van der Waals surface area contributed by atoms with Gasteiger partial charge >= 0.3 is 0 Å². The van der Waals surface area contributed by atoms with E-state index in [-0.39, 0.29) is 40.4 Å². The number of hydrogen-bond donors (Lipinski definition) is 4. The van der Waals surface area contributed by atoms with E-state index < -0.39 is 11.6 Å². The van der Waals surface area contributed by atoms with Crippen LogP contribution in [0, 0.1) is 30.0 Å². The Balaban J connectivity index is 0.00000117. The van der Waals surface area contributed by atoms with Crippen LogP contribution < -0.4 is 10.6 Å². The fraction of sp³-hybridized carbons (Fsp3) is 0.661. The Hall–Kier alpha value is -3.91. The highest BCUT2D eigenvalue weighted by Crippen LogP contribution is 2.37. The smallest absolute Gasteiger partial charge is 0.206 e. The first-order chi connectivity index (χ1) is 31.7. The van der Waals surface area contributed by atoms with Crippen LogP contribution in [0.3, 0.4) is 0 Å². The van der Waals surface area contributed by atoms with E-state index in [1.807, 2.05) is 48.6 Å². The number of rotatable bonds is 19. The van der Waals surface area contributed by atoms with Gasteiger partial charge in [0.1, 0.15) is 29.5 Å². The van der Waals surface area contributed by atoms with E-state index in [9.17, 15) is 24.2 Å². The molecule has 66 heavy (non-hydrogen) atoms. The second-order valence-corrected chi connectivity index (χ2v) is 17.4. The van der Waals surface area contributed by atoms with Gasteiger partial charge in [-0.15, -0.1) is 6.42 Å². The number of likely N-dealkylation sites (tertiary alicyclic amines) is 1. The molecule has 2 bridgehead atoms. The minimum absolute atomic E-state index is 0.00596. The highest BCUT2D eigenvalue weighted by molar-refractivity contribution is 6.09. The van der Waals surface area contributed by atoms with Gasteiger partial charge in [-0.2, -0.15) is 0 Å². The molecule has 2 saturated heterocycles. The summed E-state index contributed by atoms with van der Waals surface area (Å²) in [6.07, 6.45) is 25.3. The molecule has 8 nitrogen and oxygen atoms in total. The molecule has 0 saturated carbocycles. The number of aldehydes is 1. The minimum atomic E-state index is -0.592. The second kappa shape index (κ2) is 36.2. The quantitative estimate of drug-likeness (QED) is 0.0630. The number of aromatic hydroxyl groups is 1. The Morgan fingerprint density at radius 1 is 0.939 bits per heavy atom. The molecule has 3 aliphatic heterocycles. The molecular formula is C56H92F2N4O4. The molecule has 5 atom stereocenters. The van der Waals surface area contributed by atoms with E-state index >= 15 is 4.39 Å². The summed E-state index contributed by atoms with van der Waals surface area (Å²) in [6.45, 7) is 25.9. The summed E-state index contributed by atoms with van der Waals surface area (Å²) in [6, 6.07) is 7.26. The number of aliphatic hydroxyl groups excluding tert-OH is 1. The molecule has 3 aliphatic rings. The van der Waals surface area contributed by atoms with Crippen molar-refractivity contribution in [3.63, 3.8) is 0 Å². The number of Topliss-reactive ketones (excluding diaryl/α,β-unsaturated/α-hetero) is 1. The molecule has 0 aliphatic carbocycles. The largest absolute Gasteiger partial charge is 0.508 e. The third-order valence-corrected chi connectivity index (χ3v) is 12.2. The molecule has 10 heteroatoms. The lowest BCUT2D eigenvalue weighted by atomic mass is 9.86. The number of terminal acetylenes is 1. The molecule has 2 fully saturated rings. The number of carbonyl (C=O) groups is 2. The number of aliphatic hydroxyl groups is 1. The first-order valence-corrected chi connectivity index (χ1v) is 25.6. The van der Waals surface area contributed by atoms with Gasteiger partial charge in [0.05, 0.1) is 11.3 Å². The number of halogens is 2. The average molecular weight is 923 g/mol. The molecule has 0 amide bonds. The van der Waals surface area contributed by atoms with E-state index in [2.05, 4.69) is 54.1 Å². The fourth-order valence-electron chi connectivity index (χ4n) is 8.77. The number of nitrogens with one attached hydrogen (secondary N) is 2. The van der Waals surface area contributed by atoms with Crippen molar-refractivity contribution in [1.29, 1.82) is 0 Å². The number of phenols is 1. The molecule has 2 aromatic carbocycles. The van der Waals surface area contributed by atoms with Crippen LogP contribution in [0.1, 0.15) is 197 Å². The lowest BCUT2D eigenvalue weighted by Gasteiger charge is -2.40. The Bertz CT molecular complexity index is 1800. The molecular weight excluding hydrogens is 831 g/mol. The van der Waals surface area contributed by atoms with Gasteiger partial charge in [0.2, 0.25) is 5.88 Å². The summed E-state index contributed by atoms with van der Waals surface area (Å²) in [4.78, 5) is 27.4. The molecule has 0 aromatic heterocycles. The monoisotopic (exact) mass is 923 g/mol. The molecule has 374 valence electrons. The summed E-state index contributed by atoms with van der Waals surface area (Å²) in [5.41, 5.74) is 0.676. The van der Waals surface area contributed by atoms with Gasteiger partial charge in [0.25, 0.3) is 0 Å². The normalized spacial score (nSPS) is 18.7. The fourth-order valence-corrected chi connectivity index (χ4v) is 8.77. The molecule has 2 aromatic rings. The topological polar surface area (TPSA) is 114 Å². The molecule has 4 N–H and O–H groups in total. The number of phenolic OH excluding ortho intramolecular Hbond substituents is 1. The van der Waals surface area contributed by atoms with Gasteiger partial charge in [-0.05, 0) is 126 Å². The molecule has 0 radical (unpaired) electrons. The third-order valence-electron chi connectivity index (χ3n) is 12.2. The van der Waals surface area contributed by atoms with Gasteiger partial charge in [-0.25, -0.2) is 13.8 Å². The summed E-state index contributed by atoms with van der Waals surface area (Å²) in [5.74, 6) is 1.79. The number of carbonyl (C=O) groups excluding carboxylic acids is 2. The molecule has 5 rings (SSSR count). The van der Waals surface area contributed by atoms with Crippen molar-refractivity contribution in [3.05, 3.63) is 59.0 Å². The minimum Gasteiger partial charge on any atom is -0.508 e. The average Bonchev–Trinajstić information content (AvgIpc) is 3.53. The Morgan fingerprint density at radius 2 is 1.52 bits per heavy atom. The Morgan fingerprint density at radius 3 is 2.02 bits per heavy atom. The van der Waals surface area contributed by atoms with Crippen molar-refractivity contribution in [1.82, 2.24) is 15.5 Å². The first-order valence-electron chi connectivity index (χ1n) is 25.6. The number of ketones is 1. The van der Waals surface area contributed by atoms with Gasteiger partial charge in [0, 0.05) is 61.4 Å². The molecule has 3 heterocycles. The van der Waals surface area contributed by atoms with Gasteiger partial charge in [-0.3, -0.25) is 4.90 Å². The van der Waals surface area contributed by atoms with Crippen molar-refractivity contribution >= 4 is 34.1 Å². The number of unbranched alkanes of at least 4 members (excludes halogenated alkanes) is 8. The van der Waals surface area contributed by atoms with Crippen LogP contribution in [0.5, 0.6) is 5.75 Å². The van der Waals surface area contributed by atoms with E-state index in [0.29, 0.717) is 47.0 Å². The maximum atomic E-state index is 16.4. The van der Waals surface area contributed by atoms with Crippen LogP contribution in [0.25, 0.3) is 16.3 Å². The maximum Gasteiger partial charge on any atom is 0.206 e. The number of fused-ring (bicyclic) bond motifs is 3. The van der Waals surface area contributed by atoms with Gasteiger partial charge in [-0.1, -0.05) is 113 Å².